The summed E-state index contributed by atoms with van der Waals surface area (Å²) < 4.78 is 10.5. The number of carbonyl (C=O) groups excluding carboxylic acids is 1. The van der Waals surface area contributed by atoms with Gasteiger partial charge in [0.05, 0.1) is 25.6 Å². The highest BCUT2D eigenvalue weighted by atomic mass is 35.5. The summed E-state index contributed by atoms with van der Waals surface area (Å²) in [7, 11) is 3.09. The van der Waals surface area contributed by atoms with Gasteiger partial charge in [-0.3, -0.25) is 4.79 Å². The minimum absolute atomic E-state index is 0.194. The lowest BCUT2D eigenvalue weighted by atomic mass is 10.2. The van der Waals surface area contributed by atoms with Gasteiger partial charge in [0.1, 0.15) is 29.3 Å². The van der Waals surface area contributed by atoms with Crippen molar-refractivity contribution in [2.75, 3.05) is 24.9 Å². The van der Waals surface area contributed by atoms with Gasteiger partial charge in [-0.2, -0.15) is 0 Å². The van der Waals surface area contributed by atoms with E-state index in [0.29, 0.717) is 33.7 Å². The van der Waals surface area contributed by atoms with Crippen molar-refractivity contribution in [2.24, 2.45) is 0 Å². The summed E-state index contributed by atoms with van der Waals surface area (Å²) in [6, 6.07) is 13.8. The molecule has 0 aliphatic heterocycles. The lowest BCUT2D eigenvalue weighted by Gasteiger charge is -2.12. The zero-order chi connectivity index (χ0) is 19.2. The minimum atomic E-state index is -0.386. The average molecular weight is 385 g/mol. The number of nitrogens with one attached hydrogen (secondary N) is 2. The minimum Gasteiger partial charge on any atom is -0.495 e. The highest BCUT2D eigenvalue weighted by molar-refractivity contribution is 6.31. The van der Waals surface area contributed by atoms with Crippen molar-refractivity contribution in [3.05, 3.63) is 65.6 Å². The molecule has 7 nitrogen and oxygen atoms in total. The van der Waals surface area contributed by atoms with Gasteiger partial charge in [-0.25, -0.2) is 9.97 Å². The molecule has 0 radical (unpaired) electrons. The highest BCUT2D eigenvalue weighted by Crippen LogP contribution is 2.30. The third-order valence-corrected chi connectivity index (χ3v) is 3.91. The van der Waals surface area contributed by atoms with E-state index in [2.05, 4.69) is 20.6 Å². The second-order valence-electron chi connectivity index (χ2n) is 5.41. The van der Waals surface area contributed by atoms with E-state index in [1.54, 1.807) is 43.5 Å². The molecule has 1 amide bonds. The Hall–Kier alpha value is -3.32. The Kier molecular flexibility index (Phi) is 5.73. The first-order valence-electron chi connectivity index (χ1n) is 7.97. The van der Waals surface area contributed by atoms with Crippen LogP contribution >= 0.6 is 11.6 Å². The summed E-state index contributed by atoms with van der Waals surface area (Å²) in [6.45, 7) is 0. The summed E-state index contributed by atoms with van der Waals surface area (Å²) in [6.07, 6.45) is 1.30. The van der Waals surface area contributed by atoms with E-state index >= 15 is 0 Å². The van der Waals surface area contributed by atoms with E-state index in [1.165, 1.54) is 19.5 Å². The number of hydrogen-bond donors (Lipinski definition) is 2. The number of hydrogen-bond acceptors (Lipinski definition) is 6. The molecule has 0 saturated carbocycles. The molecule has 3 rings (SSSR count). The Morgan fingerprint density at radius 1 is 0.963 bits per heavy atom. The van der Waals surface area contributed by atoms with E-state index in [1.807, 2.05) is 6.07 Å². The standard InChI is InChI=1S/C19H17ClN4O3/c1-26-16-6-4-3-5-13(16)24-19(25)15-10-18(22-11-21-15)23-14-9-12(20)7-8-17(14)27-2/h3-11H,1-2H3,(H,24,25)(H,21,22,23). The van der Waals surface area contributed by atoms with Crippen LogP contribution < -0.4 is 20.1 Å². The third-order valence-electron chi connectivity index (χ3n) is 3.68. The number of methoxy groups -OCH3 is 2. The fraction of sp³-hybridized carbons (Fsp3) is 0.105. The van der Waals surface area contributed by atoms with Crippen molar-refractivity contribution in [2.45, 2.75) is 0 Å². The van der Waals surface area contributed by atoms with Gasteiger partial charge in [0.15, 0.2) is 0 Å². The molecule has 2 N–H and O–H groups in total. The van der Waals surface area contributed by atoms with Gasteiger partial charge in [0, 0.05) is 11.1 Å². The zero-order valence-corrected chi connectivity index (χ0v) is 15.4. The number of anilines is 3. The second-order valence-corrected chi connectivity index (χ2v) is 5.85. The number of nitrogens with zero attached hydrogens (tertiary/aromatic N) is 2. The third kappa shape index (κ3) is 4.45. The van der Waals surface area contributed by atoms with Gasteiger partial charge >= 0.3 is 0 Å². The van der Waals surface area contributed by atoms with Crippen LogP contribution in [0.5, 0.6) is 11.5 Å². The van der Waals surface area contributed by atoms with Gasteiger partial charge in [0.2, 0.25) is 0 Å². The van der Waals surface area contributed by atoms with E-state index in [9.17, 15) is 4.79 Å². The Labute approximate surface area is 161 Å². The van der Waals surface area contributed by atoms with Crippen molar-refractivity contribution >= 4 is 34.7 Å². The van der Waals surface area contributed by atoms with Crippen LogP contribution in [0.4, 0.5) is 17.2 Å². The van der Waals surface area contributed by atoms with Crippen molar-refractivity contribution in [1.82, 2.24) is 9.97 Å². The lowest BCUT2D eigenvalue weighted by Crippen LogP contribution is -2.15. The van der Waals surface area contributed by atoms with Gasteiger partial charge < -0.3 is 20.1 Å². The molecular formula is C19H17ClN4O3. The van der Waals surface area contributed by atoms with E-state index in [4.69, 9.17) is 21.1 Å². The molecule has 0 fully saturated rings. The molecule has 0 bridgehead atoms. The Morgan fingerprint density at radius 3 is 2.48 bits per heavy atom. The first kappa shape index (κ1) is 18.5. The SMILES string of the molecule is COc1ccccc1NC(=O)c1cc(Nc2cc(Cl)ccc2OC)ncn1. The molecule has 0 aliphatic rings. The number of para-hydroxylation sites is 2. The van der Waals surface area contributed by atoms with Gasteiger partial charge in [-0.1, -0.05) is 23.7 Å². The summed E-state index contributed by atoms with van der Waals surface area (Å²) >= 11 is 6.04. The molecule has 0 spiro atoms. The number of halogens is 1. The molecule has 0 unspecified atom stereocenters. The van der Waals surface area contributed by atoms with Crippen LogP contribution in [0.15, 0.2) is 54.9 Å². The number of carbonyl (C=O) groups is 1. The molecule has 1 heterocycles. The average Bonchev–Trinajstić information content (AvgIpc) is 2.69. The van der Waals surface area contributed by atoms with Crippen molar-refractivity contribution in [3.8, 4) is 11.5 Å². The summed E-state index contributed by atoms with van der Waals surface area (Å²) in [5.74, 6) is 1.19. The Bertz CT molecular complexity index is 965. The highest BCUT2D eigenvalue weighted by Gasteiger charge is 2.13. The normalized spacial score (nSPS) is 10.2. The number of aromatic nitrogens is 2. The monoisotopic (exact) mass is 384 g/mol. The molecule has 138 valence electrons. The second kappa shape index (κ2) is 8.37. The summed E-state index contributed by atoms with van der Waals surface area (Å²) in [5.41, 5.74) is 1.37. The van der Waals surface area contributed by atoms with Crippen molar-refractivity contribution < 1.29 is 14.3 Å². The van der Waals surface area contributed by atoms with E-state index < -0.39 is 0 Å². The summed E-state index contributed by atoms with van der Waals surface area (Å²) in [4.78, 5) is 20.7. The maximum Gasteiger partial charge on any atom is 0.274 e. The predicted octanol–water partition coefficient (Wildman–Crippen LogP) is 4.14. The largest absolute Gasteiger partial charge is 0.495 e. The molecule has 27 heavy (non-hydrogen) atoms. The fourth-order valence-electron chi connectivity index (χ4n) is 2.40. The maximum atomic E-state index is 12.5. The van der Waals surface area contributed by atoms with Gasteiger partial charge in [-0.15, -0.1) is 0 Å². The van der Waals surface area contributed by atoms with Crippen LogP contribution in [-0.2, 0) is 0 Å². The van der Waals surface area contributed by atoms with Crippen LogP contribution in [0.25, 0.3) is 0 Å². The smallest absolute Gasteiger partial charge is 0.274 e. The maximum absolute atomic E-state index is 12.5. The number of rotatable bonds is 6. The van der Waals surface area contributed by atoms with E-state index in [0.717, 1.165) is 0 Å². The quantitative estimate of drug-likeness (QED) is 0.664. The molecule has 2 aromatic carbocycles. The lowest BCUT2D eigenvalue weighted by molar-refractivity contribution is 0.102. The first-order chi connectivity index (χ1) is 13.1. The predicted molar refractivity (Wildman–Crippen MR) is 104 cm³/mol. The molecule has 0 atom stereocenters. The number of amides is 1. The fourth-order valence-corrected chi connectivity index (χ4v) is 2.57. The molecular weight excluding hydrogens is 368 g/mol. The number of benzene rings is 2. The molecule has 1 aromatic heterocycles. The van der Waals surface area contributed by atoms with Crippen LogP contribution in [0, 0.1) is 0 Å². The van der Waals surface area contributed by atoms with Gasteiger partial charge in [0.25, 0.3) is 5.91 Å². The topological polar surface area (TPSA) is 85.4 Å². The number of ether oxygens (including phenoxy) is 2. The zero-order valence-electron chi connectivity index (χ0n) is 14.7. The first-order valence-corrected chi connectivity index (χ1v) is 8.35. The molecule has 3 aromatic rings. The molecule has 8 heteroatoms. The van der Waals surface area contributed by atoms with Crippen LogP contribution in [-0.4, -0.2) is 30.1 Å². The Balaban J connectivity index is 1.81. The van der Waals surface area contributed by atoms with Crippen LogP contribution in [0.3, 0.4) is 0 Å². The molecule has 0 aliphatic carbocycles. The summed E-state index contributed by atoms with van der Waals surface area (Å²) in [5, 5.41) is 6.40. The van der Waals surface area contributed by atoms with Crippen molar-refractivity contribution in [3.63, 3.8) is 0 Å². The van der Waals surface area contributed by atoms with Crippen LogP contribution in [0.2, 0.25) is 5.02 Å². The van der Waals surface area contributed by atoms with E-state index in [-0.39, 0.29) is 11.6 Å². The van der Waals surface area contributed by atoms with Gasteiger partial charge in [-0.05, 0) is 30.3 Å². The van der Waals surface area contributed by atoms with Crippen LogP contribution in [0.1, 0.15) is 10.5 Å². The Morgan fingerprint density at radius 2 is 1.70 bits per heavy atom. The molecule has 0 saturated heterocycles. The van der Waals surface area contributed by atoms with Crippen molar-refractivity contribution in [1.29, 1.82) is 0 Å².